The number of H-pyrrole nitrogens is 1. The maximum Gasteiger partial charge on any atom is 0.327 e. The third kappa shape index (κ3) is 21.1. The molecule has 0 radical (unpaired) electrons. The number of benzene rings is 1. The fraction of sp³-hybridized carbons (Fsp3) is 0.545. The number of phenolic OH excluding ortho intramolecular Hbond substituents is 1. The molecule has 74 heavy (non-hydrogen) atoms. The number of hydrogen-bond donors (Lipinski definition) is 16. The lowest BCUT2D eigenvalue weighted by Crippen LogP contribution is -2.59. The molecule has 1 saturated heterocycles. The fourth-order valence-corrected chi connectivity index (χ4v) is 9.08. The van der Waals surface area contributed by atoms with Gasteiger partial charge in [-0.15, -0.1) is 0 Å². The van der Waals surface area contributed by atoms with Gasteiger partial charge in [0.15, 0.2) is 5.96 Å². The van der Waals surface area contributed by atoms with Gasteiger partial charge in [0.1, 0.15) is 48.0 Å². The number of guanidine groups is 1. The van der Waals surface area contributed by atoms with E-state index in [1.54, 1.807) is 27.7 Å². The fourth-order valence-electron chi connectivity index (χ4n) is 6.80. The molecule has 2 aromatic rings. The van der Waals surface area contributed by atoms with Crippen LogP contribution in [0.15, 0.2) is 41.8 Å². The molecule has 2 heterocycles. The van der Waals surface area contributed by atoms with Crippen molar-refractivity contribution in [3.05, 3.63) is 48.0 Å². The highest BCUT2D eigenvalue weighted by Gasteiger charge is 2.34. The molecule has 408 valence electrons. The van der Waals surface area contributed by atoms with E-state index in [1.807, 2.05) is 0 Å². The van der Waals surface area contributed by atoms with Crippen molar-refractivity contribution in [1.29, 1.82) is 0 Å². The molecular formula is C44H67N15O13S2. The molecule has 30 heteroatoms. The maximum absolute atomic E-state index is 13.9. The van der Waals surface area contributed by atoms with Crippen molar-refractivity contribution in [3.63, 3.8) is 0 Å². The molecule has 19 N–H and O–H groups in total. The largest absolute Gasteiger partial charge is 0.508 e. The number of carboxylic acids is 1. The number of carbonyl (C=O) groups excluding carboxylic acids is 9. The third-order valence-electron chi connectivity index (χ3n) is 10.9. The highest BCUT2D eigenvalue weighted by Crippen LogP contribution is 2.23. The van der Waals surface area contributed by atoms with Crippen molar-refractivity contribution >= 4 is 86.7 Å². The number of carbonyl (C=O) groups is 10. The van der Waals surface area contributed by atoms with Crippen molar-refractivity contribution in [2.45, 2.75) is 102 Å². The molecule has 1 aliphatic rings. The summed E-state index contributed by atoms with van der Waals surface area (Å²) in [6, 6.07) is -5.60. The van der Waals surface area contributed by atoms with Crippen LogP contribution in [0.4, 0.5) is 0 Å². The lowest BCUT2D eigenvalue weighted by molar-refractivity contribution is -0.141. The Bertz CT molecular complexity index is 2290. The van der Waals surface area contributed by atoms with Crippen molar-refractivity contribution in [3.8, 4) is 5.75 Å². The Labute approximate surface area is 433 Å². The number of nitrogens with one attached hydrogen (secondary N) is 10. The van der Waals surface area contributed by atoms with Gasteiger partial charge in [0.25, 0.3) is 0 Å². The van der Waals surface area contributed by atoms with Crippen LogP contribution in [0.2, 0.25) is 0 Å². The Kier molecular flexibility index (Phi) is 25.4. The lowest BCUT2D eigenvalue weighted by Gasteiger charge is -2.27. The zero-order chi connectivity index (χ0) is 55.1. The molecule has 0 spiro atoms. The summed E-state index contributed by atoms with van der Waals surface area (Å²) in [6.07, 6.45) is 2.37. The first-order valence-corrected chi connectivity index (χ1v) is 25.8. The Morgan fingerprint density at radius 2 is 1.24 bits per heavy atom. The molecule has 9 amide bonds. The maximum atomic E-state index is 13.9. The van der Waals surface area contributed by atoms with Crippen molar-refractivity contribution < 1.29 is 63.3 Å². The Morgan fingerprint density at radius 3 is 1.84 bits per heavy atom. The lowest BCUT2D eigenvalue weighted by atomic mass is 10.0. The molecule has 1 aliphatic heterocycles. The molecule has 3 rings (SSSR count). The molecule has 0 aliphatic carbocycles. The van der Waals surface area contributed by atoms with Crippen LogP contribution < -0.4 is 65.1 Å². The van der Waals surface area contributed by atoms with Gasteiger partial charge in [-0.25, -0.2) is 9.78 Å². The Morgan fingerprint density at radius 1 is 0.689 bits per heavy atom. The number of nitrogens with zero attached hydrogens (tertiary/aromatic N) is 2. The second-order valence-electron chi connectivity index (χ2n) is 17.6. The van der Waals surface area contributed by atoms with Crippen molar-refractivity contribution in [1.82, 2.24) is 57.8 Å². The smallest absolute Gasteiger partial charge is 0.327 e. The quantitative estimate of drug-likeness (QED) is 0.0408. The number of aliphatic imine (C=N–C) groups is 1. The first-order valence-electron chi connectivity index (χ1n) is 23.3. The summed E-state index contributed by atoms with van der Waals surface area (Å²) in [7, 11) is 1.91. The molecule has 0 bridgehead atoms. The molecule has 1 aromatic carbocycles. The van der Waals surface area contributed by atoms with Crippen molar-refractivity contribution in [2.75, 3.05) is 37.7 Å². The van der Waals surface area contributed by atoms with E-state index in [0.717, 1.165) is 21.6 Å². The number of aromatic hydroxyl groups is 1. The van der Waals surface area contributed by atoms with E-state index >= 15 is 0 Å². The Hall–Kier alpha value is -7.18. The minimum Gasteiger partial charge on any atom is -0.508 e. The van der Waals surface area contributed by atoms with Gasteiger partial charge in [-0.05, 0) is 42.4 Å². The average Bonchev–Trinajstić information content (AvgIpc) is 3.86. The van der Waals surface area contributed by atoms with Gasteiger partial charge in [0, 0.05) is 42.8 Å². The van der Waals surface area contributed by atoms with Crippen LogP contribution in [0.5, 0.6) is 5.75 Å². The number of hydrogen-bond acceptors (Lipinski definition) is 17. The van der Waals surface area contributed by atoms with E-state index in [2.05, 4.69) is 62.8 Å². The van der Waals surface area contributed by atoms with Crippen LogP contribution >= 0.6 is 21.6 Å². The van der Waals surface area contributed by atoms with Gasteiger partial charge < -0.3 is 85.4 Å². The van der Waals surface area contributed by atoms with E-state index in [4.69, 9.17) is 17.2 Å². The predicted octanol–water partition coefficient (Wildman–Crippen LogP) is -5.31. The third-order valence-corrected chi connectivity index (χ3v) is 13.4. The molecule has 1 aromatic heterocycles. The average molecular weight is 1080 g/mol. The zero-order valence-corrected chi connectivity index (χ0v) is 42.8. The summed E-state index contributed by atoms with van der Waals surface area (Å²) < 4.78 is 0. The summed E-state index contributed by atoms with van der Waals surface area (Å²) in [6.45, 7) is 4.01. The number of imidazole rings is 1. The van der Waals surface area contributed by atoms with E-state index < -0.39 is 139 Å². The van der Waals surface area contributed by atoms with E-state index in [0.29, 0.717) is 11.3 Å². The monoisotopic (exact) mass is 1080 g/mol. The summed E-state index contributed by atoms with van der Waals surface area (Å²) >= 11 is 0. The number of aliphatic carboxylic acids is 1. The number of phenols is 1. The summed E-state index contributed by atoms with van der Waals surface area (Å²) in [5.41, 5.74) is 17.9. The highest BCUT2D eigenvalue weighted by atomic mass is 33.1. The SMILES string of the molecule is CC(C)[C@@H]1NC(=O)CNC(=O)[C@H](C(C)C)NC(=O)[C@H](Cc2ccc(O)cc2)NC(=O)CNC(=O)[C@H](CO)NC(=O)[C@H](Cc2cnc[nH]2)NC(=O)[C@@H](N)CSSC[C@@H](C(=O)O)NC(=O)[C@H](CCCN=C(N)N)NC1=O. The minimum absolute atomic E-state index is 0.0369. The summed E-state index contributed by atoms with van der Waals surface area (Å²) in [4.78, 5) is 145. The highest BCUT2D eigenvalue weighted by molar-refractivity contribution is 8.76. The van der Waals surface area contributed by atoms with Crippen LogP contribution in [0.25, 0.3) is 0 Å². The second-order valence-corrected chi connectivity index (χ2v) is 20.2. The zero-order valence-electron chi connectivity index (χ0n) is 41.2. The number of amides is 9. The molecule has 28 nitrogen and oxygen atoms in total. The topological polar surface area (TPSA) is 459 Å². The van der Waals surface area contributed by atoms with Crippen LogP contribution in [-0.2, 0) is 60.8 Å². The van der Waals surface area contributed by atoms with Gasteiger partial charge in [-0.2, -0.15) is 0 Å². The van der Waals surface area contributed by atoms with Crippen LogP contribution in [0.1, 0.15) is 51.8 Å². The van der Waals surface area contributed by atoms with Gasteiger partial charge in [-0.3, -0.25) is 48.1 Å². The van der Waals surface area contributed by atoms with Crippen LogP contribution in [0, 0.1) is 11.8 Å². The van der Waals surface area contributed by atoms with Gasteiger partial charge in [0.2, 0.25) is 53.2 Å². The molecule has 0 saturated carbocycles. The molecule has 8 atom stereocenters. The van der Waals surface area contributed by atoms with Crippen LogP contribution in [-0.4, -0.2) is 176 Å². The van der Waals surface area contributed by atoms with E-state index in [1.165, 1.54) is 36.8 Å². The Balaban J connectivity index is 1.98. The number of aliphatic hydroxyl groups is 1. The number of aromatic amines is 1. The number of carboxylic acid groups (broad SMARTS) is 1. The van der Waals surface area contributed by atoms with Gasteiger partial charge in [-0.1, -0.05) is 61.4 Å². The van der Waals surface area contributed by atoms with Gasteiger partial charge in [0.05, 0.1) is 32.1 Å². The molecule has 0 unspecified atom stereocenters. The van der Waals surface area contributed by atoms with Crippen molar-refractivity contribution in [2.24, 2.45) is 34.0 Å². The molecule has 1 fully saturated rings. The van der Waals surface area contributed by atoms with Gasteiger partial charge >= 0.3 is 5.97 Å². The van der Waals surface area contributed by atoms with Crippen LogP contribution in [0.3, 0.4) is 0 Å². The first-order chi connectivity index (χ1) is 35.0. The minimum atomic E-state index is -1.66. The molecular weight excluding hydrogens is 1010 g/mol. The number of rotatable bonds is 12. The normalized spacial score (nSPS) is 24.5. The second kappa shape index (κ2) is 30.8. The predicted molar refractivity (Wildman–Crippen MR) is 271 cm³/mol. The van der Waals surface area contributed by atoms with E-state index in [-0.39, 0.29) is 55.4 Å². The van der Waals surface area contributed by atoms with E-state index in [9.17, 15) is 63.3 Å². The first kappa shape index (κ1) is 61.1. The number of nitrogens with two attached hydrogens (primary N) is 3. The standard InChI is InChI=1S/C44H67N15O13S2/c1-21(2)34-41(69)51-16-33(63)58-35(22(3)4)42(70)54-27(6-5-11-49-44(46)47)38(66)57-31(43(71)72)19-74-73-18-26(45)36(64)55-29(13-24-14-48-20-52-24)39(67)56-30(17-60)37(65)50-15-32(62)53-28(40(68)59-34)12-23-7-9-25(61)10-8-23/h7-10,14,20-22,26-31,34-35,60-61H,5-6,11-13,15-19,45H2,1-4H3,(H,48,52)(H,50,65)(H,51,69)(H,53,62)(H,54,70)(H,55,64)(H,56,67)(H,57,66)(H,58,63)(H,59,68)(H,71,72)(H4,46,47,49)/t26-,27-,28-,29-,30-,31-,34-,35-/m0/s1. The summed E-state index contributed by atoms with van der Waals surface area (Å²) in [5, 5.41) is 52.2. The number of aliphatic hydroxyl groups excluding tert-OH is 1. The summed E-state index contributed by atoms with van der Waals surface area (Å²) in [5.74, 6) is -11.4. The number of aromatic nitrogens is 2.